The number of imidazole rings is 1. The molecule has 0 atom stereocenters. The van der Waals surface area contributed by atoms with Crippen LogP contribution in [-0.2, 0) is 0 Å². The molecule has 0 aliphatic rings. The van der Waals surface area contributed by atoms with Crippen LogP contribution in [0.3, 0.4) is 0 Å². The highest BCUT2D eigenvalue weighted by atomic mass is 16.1. The Balaban J connectivity index is 0.000000137. The van der Waals surface area contributed by atoms with Gasteiger partial charge in [0.15, 0.2) is 17.8 Å². The van der Waals surface area contributed by atoms with Crippen LogP contribution in [0.4, 0.5) is 5.82 Å². The molecule has 4 heterocycles. The molecular weight excluding hydrogens is 314 g/mol. The molecule has 0 bridgehead atoms. The molecule has 4 aromatic heterocycles. The second-order valence-corrected chi connectivity index (χ2v) is 4.03. The van der Waals surface area contributed by atoms with E-state index in [0.29, 0.717) is 22.5 Å². The van der Waals surface area contributed by atoms with Crippen LogP contribution >= 0.6 is 0 Å². The van der Waals surface area contributed by atoms with E-state index in [1.807, 2.05) is 0 Å². The van der Waals surface area contributed by atoms with Crippen molar-refractivity contribution in [3.8, 4) is 0 Å². The van der Waals surface area contributed by atoms with Crippen molar-refractivity contribution in [3.05, 3.63) is 49.1 Å². The molecule has 0 aliphatic heterocycles. The van der Waals surface area contributed by atoms with Crippen molar-refractivity contribution in [1.82, 2.24) is 45.5 Å². The first-order chi connectivity index (χ1) is 11.7. The Bertz CT molecular complexity index is 842. The predicted octanol–water partition coefficient (Wildman–Crippen LogP) is -0.685. The maximum atomic E-state index is 10.4. The lowest BCUT2D eigenvalue weighted by atomic mass is 10.3. The largest absolute Gasteiger partial charge is 0.382 e. The fraction of sp³-hybridized carbons (Fsp3) is 0. The van der Waals surface area contributed by atoms with Crippen molar-refractivity contribution in [2.24, 2.45) is 5.73 Å². The van der Waals surface area contributed by atoms with Crippen molar-refractivity contribution in [2.75, 3.05) is 5.73 Å². The molecule has 0 fully saturated rings. The number of fused-ring (bicyclic) bond motifs is 1. The van der Waals surface area contributed by atoms with Gasteiger partial charge < -0.3 is 16.5 Å². The Labute approximate surface area is 134 Å². The average Bonchev–Trinajstić information content (AvgIpc) is 3.31. The van der Waals surface area contributed by atoms with Gasteiger partial charge in [0.05, 0.1) is 11.9 Å². The van der Waals surface area contributed by atoms with Gasteiger partial charge in [-0.3, -0.25) is 9.78 Å². The Hall–Kier alpha value is -3.96. The standard InChI is InChI=1S/C6H6N2O.C5H5N5.CH2N4/c7-6(9)5-2-1-3-8-4-5;6-4-3-5(9-1-7-3)10-2-8-4;1-2-4-5-3-1/h1-4H,(H2,7,9);1-2H,(H3,6,7,8,9,10);1H,(H,2,3,4,5). The Morgan fingerprint density at radius 1 is 1.17 bits per heavy atom. The van der Waals surface area contributed by atoms with Crippen LogP contribution < -0.4 is 11.5 Å². The highest BCUT2D eigenvalue weighted by Gasteiger charge is 1.99. The molecule has 24 heavy (non-hydrogen) atoms. The molecule has 0 spiro atoms. The Morgan fingerprint density at radius 3 is 2.54 bits per heavy atom. The molecule has 1 amide bonds. The number of aromatic nitrogens is 9. The first-order valence-corrected chi connectivity index (χ1v) is 6.44. The van der Waals surface area contributed by atoms with Crippen molar-refractivity contribution in [3.63, 3.8) is 0 Å². The number of nitrogens with zero attached hydrogens (tertiary/aromatic N) is 7. The molecule has 4 aromatic rings. The third-order valence-corrected chi connectivity index (χ3v) is 2.47. The van der Waals surface area contributed by atoms with Crippen LogP contribution in [0.1, 0.15) is 10.4 Å². The van der Waals surface area contributed by atoms with Gasteiger partial charge in [0, 0.05) is 12.4 Å². The quantitative estimate of drug-likeness (QED) is 0.350. The maximum absolute atomic E-state index is 10.4. The number of nitrogen functional groups attached to an aromatic ring is 1. The second kappa shape index (κ2) is 8.47. The summed E-state index contributed by atoms with van der Waals surface area (Å²) in [5.41, 5.74) is 12.2. The van der Waals surface area contributed by atoms with E-state index in [0.717, 1.165) is 0 Å². The van der Waals surface area contributed by atoms with Gasteiger partial charge >= 0.3 is 0 Å². The maximum Gasteiger partial charge on any atom is 0.250 e. The topological polar surface area (TPSA) is 191 Å². The Morgan fingerprint density at radius 2 is 2.04 bits per heavy atom. The Kier molecular flexibility index (Phi) is 5.80. The molecule has 4 rings (SSSR count). The minimum atomic E-state index is -0.442. The number of anilines is 1. The second-order valence-electron chi connectivity index (χ2n) is 4.03. The number of carbonyl (C=O) groups excluding carboxylic acids is 1. The van der Waals surface area contributed by atoms with E-state index < -0.39 is 5.91 Å². The number of amides is 1. The number of carbonyl (C=O) groups is 1. The lowest BCUT2D eigenvalue weighted by Gasteiger charge is -1.89. The van der Waals surface area contributed by atoms with E-state index in [2.05, 4.69) is 45.5 Å². The van der Waals surface area contributed by atoms with Crippen LogP contribution in [-0.4, -0.2) is 51.5 Å². The molecule has 0 aliphatic carbocycles. The summed E-state index contributed by atoms with van der Waals surface area (Å²) >= 11 is 0. The summed E-state index contributed by atoms with van der Waals surface area (Å²) in [4.78, 5) is 28.5. The lowest BCUT2D eigenvalue weighted by Crippen LogP contribution is -2.10. The highest BCUT2D eigenvalue weighted by molar-refractivity contribution is 5.92. The van der Waals surface area contributed by atoms with Gasteiger partial charge in [0.1, 0.15) is 11.8 Å². The third-order valence-electron chi connectivity index (χ3n) is 2.47. The monoisotopic (exact) mass is 327 g/mol. The summed E-state index contributed by atoms with van der Waals surface area (Å²) in [6.45, 7) is 0. The summed E-state index contributed by atoms with van der Waals surface area (Å²) in [6, 6.07) is 3.29. The average molecular weight is 327 g/mol. The molecule has 0 aromatic carbocycles. The number of tetrazole rings is 1. The zero-order valence-electron chi connectivity index (χ0n) is 12.2. The van der Waals surface area contributed by atoms with Gasteiger partial charge in [-0.05, 0) is 12.1 Å². The van der Waals surface area contributed by atoms with E-state index >= 15 is 0 Å². The highest BCUT2D eigenvalue weighted by Crippen LogP contribution is 2.09. The summed E-state index contributed by atoms with van der Waals surface area (Å²) in [6.07, 6.45) is 7.28. The van der Waals surface area contributed by atoms with Gasteiger partial charge in [-0.25, -0.2) is 15.0 Å². The normalized spacial score (nSPS) is 9.33. The molecule has 12 nitrogen and oxygen atoms in total. The number of nitrogens with one attached hydrogen (secondary N) is 2. The number of pyridine rings is 1. The predicted molar refractivity (Wildman–Crippen MR) is 83.0 cm³/mol. The first-order valence-electron chi connectivity index (χ1n) is 6.44. The van der Waals surface area contributed by atoms with Crippen molar-refractivity contribution < 1.29 is 4.79 Å². The van der Waals surface area contributed by atoms with E-state index in [1.54, 1.807) is 18.3 Å². The fourth-order valence-corrected chi connectivity index (χ4v) is 1.42. The van der Waals surface area contributed by atoms with Crippen LogP contribution in [0.15, 0.2) is 43.5 Å². The number of rotatable bonds is 1. The van der Waals surface area contributed by atoms with Crippen molar-refractivity contribution in [2.45, 2.75) is 0 Å². The molecule has 0 saturated heterocycles. The van der Waals surface area contributed by atoms with Gasteiger partial charge in [0.25, 0.3) is 0 Å². The number of primary amides is 1. The number of hydrogen-bond acceptors (Lipinski definition) is 9. The van der Waals surface area contributed by atoms with Crippen LogP contribution in [0.5, 0.6) is 0 Å². The van der Waals surface area contributed by atoms with E-state index in [-0.39, 0.29) is 0 Å². The van der Waals surface area contributed by atoms with E-state index in [1.165, 1.54) is 25.2 Å². The minimum absolute atomic E-state index is 0.433. The number of H-pyrrole nitrogens is 2. The summed E-state index contributed by atoms with van der Waals surface area (Å²) < 4.78 is 0. The van der Waals surface area contributed by atoms with Crippen molar-refractivity contribution in [1.29, 1.82) is 0 Å². The van der Waals surface area contributed by atoms with Crippen LogP contribution in [0, 0.1) is 0 Å². The van der Waals surface area contributed by atoms with E-state index in [4.69, 9.17) is 11.5 Å². The molecule has 12 heteroatoms. The summed E-state index contributed by atoms with van der Waals surface area (Å²) in [7, 11) is 0. The summed E-state index contributed by atoms with van der Waals surface area (Å²) in [5.74, 6) is -0.00870. The zero-order valence-corrected chi connectivity index (χ0v) is 12.2. The van der Waals surface area contributed by atoms with Crippen LogP contribution in [0.25, 0.3) is 11.2 Å². The van der Waals surface area contributed by atoms with E-state index in [9.17, 15) is 4.79 Å². The van der Waals surface area contributed by atoms with Crippen molar-refractivity contribution >= 4 is 22.9 Å². The molecular formula is C12H13N11O. The molecule has 122 valence electrons. The van der Waals surface area contributed by atoms with Gasteiger partial charge in [-0.1, -0.05) is 5.21 Å². The fourth-order valence-electron chi connectivity index (χ4n) is 1.42. The number of aromatic amines is 2. The smallest absolute Gasteiger partial charge is 0.250 e. The van der Waals surface area contributed by atoms with Crippen LogP contribution in [0.2, 0.25) is 0 Å². The molecule has 0 saturated carbocycles. The molecule has 0 radical (unpaired) electrons. The first kappa shape index (κ1) is 16.4. The minimum Gasteiger partial charge on any atom is -0.382 e. The third kappa shape index (κ3) is 4.80. The summed E-state index contributed by atoms with van der Waals surface area (Å²) in [5, 5.41) is 12.2. The molecule has 6 N–H and O–H groups in total. The lowest BCUT2D eigenvalue weighted by molar-refractivity contribution is 0.1000. The van der Waals surface area contributed by atoms with Gasteiger partial charge in [-0.2, -0.15) is 5.21 Å². The zero-order chi connectivity index (χ0) is 17.2. The number of hydrogen-bond donors (Lipinski definition) is 4. The number of nitrogens with two attached hydrogens (primary N) is 2. The SMILES string of the molecule is NC(=O)c1cccnc1.Nc1ncnc2nc[nH]c12.c1nn[nH]n1. The molecule has 0 unspecified atom stereocenters. The van der Waals surface area contributed by atoms with Gasteiger partial charge in [-0.15, -0.1) is 10.2 Å². The van der Waals surface area contributed by atoms with Gasteiger partial charge in [0.2, 0.25) is 5.91 Å².